The number of nitrogens with zero attached hydrogens (tertiary/aromatic N) is 3. The topological polar surface area (TPSA) is 120 Å². The smallest absolute Gasteiger partial charge is 0.256 e. The van der Waals surface area contributed by atoms with Gasteiger partial charge in [0.15, 0.2) is 0 Å². The molecule has 4 heterocycles. The molecule has 176 valence electrons. The minimum absolute atomic E-state index is 0.0607. The third-order valence-corrected chi connectivity index (χ3v) is 7.03. The summed E-state index contributed by atoms with van der Waals surface area (Å²) in [6, 6.07) is 10.0. The predicted molar refractivity (Wildman–Crippen MR) is 120 cm³/mol. The monoisotopic (exact) mass is 462 g/mol. The quantitative estimate of drug-likeness (QED) is 0.663. The third kappa shape index (κ3) is 3.86. The second-order valence-electron chi connectivity index (χ2n) is 9.28. The highest BCUT2D eigenvalue weighted by atomic mass is 16.3. The van der Waals surface area contributed by atoms with Gasteiger partial charge in [-0.1, -0.05) is 17.7 Å². The Balaban J connectivity index is 1.29. The number of piperidine rings is 2. The highest BCUT2D eigenvalue weighted by Crippen LogP contribution is 2.34. The van der Waals surface area contributed by atoms with Gasteiger partial charge in [-0.2, -0.15) is 0 Å². The van der Waals surface area contributed by atoms with Crippen molar-refractivity contribution in [1.29, 1.82) is 0 Å². The van der Waals surface area contributed by atoms with Crippen molar-refractivity contribution in [3.05, 3.63) is 64.5 Å². The van der Waals surface area contributed by atoms with Crippen molar-refractivity contribution in [3.8, 4) is 0 Å². The van der Waals surface area contributed by atoms with Gasteiger partial charge in [0.25, 0.3) is 11.8 Å². The van der Waals surface area contributed by atoms with Crippen LogP contribution in [0.5, 0.6) is 0 Å². The molecule has 3 aliphatic heterocycles. The lowest BCUT2D eigenvalue weighted by Crippen LogP contribution is -2.52. The number of aromatic nitrogens is 1. The molecule has 0 radical (unpaired) electrons. The number of aliphatic hydroxyl groups is 1. The molecule has 2 N–H and O–H groups in total. The number of hydrogen-bond donors (Lipinski definition) is 2. The summed E-state index contributed by atoms with van der Waals surface area (Å²) in [6.07, 6.45) is 1.14. The number of imide groups is 1. The lowest BCUT2D eigenvalue weighted by atomic mass is 9.87. The zero-order chi connectivity index (χ0) is 24.0. The van der Waals surface area contributed by atoms with Crippen molar-refractivity contribution in [2.24, 2.45) is 0 Å². The zero-order valence-electron chi connectivity index (χ0n) is 18.9. The van der Waals surface area contributed by atoms with Crippen molar-refractivity contribution in [3.63, 3.8) is 0 Å². The summed E-state index contributed by atoms with van der Waals surface area (Å²) in [7, 11) is 0. The van der Waals surface area contributed by atoms with Crippen LogP contribution in [0.3, 0.4) is 0 Å². The Bertz CT molecular complexity index is 1180. The van der Waals surface area contributed by atoms with Crippen molar-refractivity contribution >= 4 is 23.6 Å². The fraction of sp³-hybridized carbons (Fsp3) is 0.400. The molecule has 0 spiro atoms. The summed E-state index contributed by atoms with van der Waals surface area (Å²) in [6.45, 7) is 2.91. The Morgan fingerprint density at radius 3 is 2.47 bits per heavy atom. The summed E-state index contributed by atoms with van der Waals surface area (Å²) >= 11 is 0. The number of aryl methyl sites for hydroxylation is 1. The molecule has 2 fully saturated rings. The average Bonchev–Trinajstić information content (AvgIpc) is 3.15. The van der Waals surface area contributed by atoms with Gasteiger partial charge in [-0.05, 0) is 50.5 Å². The molecule has 2 saturated heterocycles. The normalized spacial score (nSPS) is 21.9. The van der Waals surface area contributed by atoms with Crippen LogP contribution in [-0.2, 0) is 21.7 Å². The van der Waals surface area contributed by atoms with E-state index in [-0.39, 0.29) is 37.1 Å². The van der Waals surface area contributed by atoms with E-state index in [9.17, 15) is 24.3 Å². The zero-order valence-corrected chi connectivity index (χ0v) is 18.9. The Kier molecular flexibility index (Phi) is 5.44. The summed E-state index contributed by atoms with van der Waals surface area (Å²) in [5, 5.41) is 13.6. The lowest BCUT2D eigenvalue weighted by Gasteiger charge is -2.38. The van der Waals surface area contributed by atoms with Crippen LogP contribution in [0.4, 0.5) is 0 Å². The SMILES string of the molecule is Cc1ccc(C(=O)N2CCC(O)(c3ccc4c(n3)CN(C3CCC(=O)NC3=O)C4=O)CC2)cc1. The number of benzene rings is 1. The largest absolute Gasteiger partial charge is 0.383 e. The molecule has 4 amide bonds. The first-order chi connectivity index (χ1) is 16.2. The van der Waals surface area contributed by atoms with E-state index in [0.29, 0.717) is 48.4 Å². The van der Waals surface area contributed by atoms with Crippen LogP contribution in [0.15, 0.2) is 36.4 Å². The molecule has 2 aromatic rings. The van der Waals surface area contributed by atoms with Gasteiger partial charge in [-0.3, -0.25) is 29.5 Å². The number of likely N-dealkylation sites (tertiary alicyclic amines) is 1. The third-order valence-electron chi connectivity index (χ3n) is 7.03. The minimum atomic E-state index is -1.20. The second kappa shape index (κ2) is 8.32. The van der Waals surface area contributed by atoms with E-state index in [2.05, 4.69) is 10.3 Å². The molecule has 3 aliphatic rings. The maximum Gasteiger partial charge on any atom is 0.256 e. The Hall–Kier alpha value is -3.59. The van der Waals surface area contributed by atoms with Gasteiger partial charge in [-0.25, -0.2) is 0 Å². The highest BCUT2D eigenvalue weighted by molar-refractivity contribution is 6.05. The van der Waals surface area contributed by atoms with E-state index >= 15 is 0 Å². The standard InChI is InChI=1S/C25H26N4O5/c1-15-2-4-16(5-3-15)23(32)28-12-10-25(34,11-13-28)20-8-6-17-18(26-20)14-29(24(17)33)19-7-9-21(30)27-22(19)31/h2-6,8,19,34H,7,9-14H2,1H3,(H,27,30,31). The molecule has 0 bridgehead atoms. The molecule has 9 heteroatoms. The Morgan fingerprint density at radius 1 is 1.09 bits per heavy atom. The number of fused-ring (bicyclic) bond motifs is 1. The summed E-state index contributed by atoms with van der Waals surface area (Å²) in [4.78, 5) is 57.2. The molecule has 34 heavy (non-hydrogen) atoms. The first-order valence-electron chi connectivity index (χ1n) is 11.5. The van der Waals surface area contributed by atoms with Crippen LogP contribution in [-0.4, -0.2) is 62.7 Å². The molecule has 1 aromatic carbocycles. The average molecular weight is 463 g/mol. The van der Waals surface area contributed by atoms with E-state index in [1.807, 2.05) is 31.2 Å². The molecule has 0 aliphatic carbocycles. The first-order valence-corrected chi connectivity index (χ1v) is 11.5. The van der Waals surface area contributed by atoms with Crippen molar-refractivity contribution < 1.29 is 24.3 Å². The summed E-state index contributed by atoms with van der Waals surface area (Å²) in [5.41, 5.74) is 1.89. The van der Waals surface area contributed by atoms with Gasteiger partial charge in [-0.15, -0.1) is 0 Å². The number of amides is 4. The van der Waals surface area contributed by atoms with Gasteiger partial charge in [0.1, 0.15) is 11.6 Å². The van der Waals surface area contributed by atoms with E-state index in [4.69, 9.17) is 0 Å². The van der Waals surface area contributed by atoms with Crippen molar-refractivity contribution in [2.45, 2.75) is 50.8 Å². The van der Waals surface area contributed by atoms with Gasteiger partial charge in [0.05, 0.1) is 23.5 Å². The molecular weight excluding hydrogens is 436 g/mol. The van der Waals surface area contributed by atoms with Crippen LogP contribution in [0, 0.1) is 6.92 Å². The minimum Gasteiger partial charge on any atom is -0.383 e. The molecule has 1 atom stereocenters. The fourth-order valence-electron chi connectivity index (χ4n) is 4.91. The molecule has 5 rings (SSSR count). The molecular formula is C25H26N4O5. The van der Waals surface area contributed by atoms with Crippen LogP contribution in [0.2, 0.25) is 0 Å². The van der Waals surface area contributed by atoms with E-state index < -0.39 is 17.6 Å². The Labute approximate surface area is 196 Å². The maximum absolute atomic E-state index is 12.9. The van der Waals surface area contributed by atoms with E-state index in [1.165, 1.54) is 4.90 Å². The summed E-state index contributed by atoms with van der Waals surface area (Å²) in [5.74, 6) is -1.16. The van der Waals surface area contributed by atoms with E-state index in [0.717, 1.165) is 5.56 Å². The lowest BCUT2D eigenvalue weighted by molar-refractivity contribution is -0.136. The number of rotatable bonds is 3. The van der Waals surface area contributed by atoms with Gasteiger partial charge in [0.2, 0.25) is 11.8 Å². The van der Waals surface area contributed by atoms with Crippen LogP contribution in [0.25, 0.3) is 0 Å². The number of hydrogen-bond acceptors (Lipinski definition) is 6. The molecule has 1 unspecified atom stereocenters. The molecule has 9 nitrogen and oxygen atoms in total. The number of carbonyl (C=O) groups excluding carboxylic acids is 4. The van der Waals surface area contributed by atoms with Crippen molar-refractivity contribution in [2.75, 3.05) is 13.1 Å². The highest BCUT2D eigenvalue weighted by Gasteiger charge is 2.42. The van der Waals surface area contributed by atoms with Crippen molar-refractivity contribution in [1.82, 2.24) is 20.1 Å². The fourth-order valence-corrected chi connectivity index (χ4v) is 4.91. The first kappa shape index (κ1) is 22.2. The second-order valence-corrected chi connectivity index (χ2v) is 9.28. The van der Waals surface area contributed by atoms with Crippen LogP contribution >= 0.6 is 0 Å². The number of nitrogens with one attached hydrogen (secondary N) is 1. The van der Waals surface area contributed by atoms with E-state index in [1.54, 1.807) is 17.0 Å². The predicted octanol–water partition coefficient (Wildman–Crippen LogP) is 1.27. The molecule has 0 saturated carbocycles. The summed E-state index contributed by atoms with van der Waals surface area (Å²) < 4.78 is 0. The van der Waals surface area contributed by atoms with Gasteiger partial charge in [0, 0.05) is 25.1 Å². The number of pyridine rings is 1. The maximum atomic E-state index is 12.9. The number of carbonyl (C=O) groups is 4. The molecule has 1 aromatic heterocycles. The van der Waals surface area contributed by atoms with Gasteiger partial charge < -0.3 is 14.9 Å². The Morgan fingerprint density at radius 2 is 1.79 bits per heavy atom. The van der Waals surface area contributed by atoms with Crippen LogP contribution in [0.1, 0.15) is 63.4 Å². The van der Waals surface area contributed by atoms with Gasteiger partial charge >= 0.3 is 0 Å². The van der Waals surface area contributed by atoms with Crippen LogP contribution < -0.4 is 5.32 Å².